The van der Waals surface area contributed by atoms with Gasteiger partial charge in [0.1, 0.15) is 24.4 Å². The molecule has 1 aliphatic rings. The average Bonchev–Trinajstić information content (AvgIpc) is 3.33. The van der Waals surface area contributed by atoms with Gasteiger partial charge >= 0.3 is 0 Å². The van der Waals surface area contributed by atoms with Crippen LogP contribution in [0, 0.1) is 0 Å². The van der Waals surface area contributed by atoms with Gasteiger partial charge in [-0.15, -0.1) is 0 Å². The molecule has 6 N–H and O–H groups in total. The molecule has 0 saturated carbocycles. The van der Waals surface area contributed by atoms with Gasteiger partial charge in [0.05, 0.1) is 25.4 Å². The van der Waals surface area contributed by atoms with Crippen LogP contribution in [0.1, 0.15) is 194 Å². The van der Waals surface area contributed by atoms with Crippen LogP contribution in [0.2, 0.25) is 0 Å². The fourth-order valence-electron chi connectivity index (χ4n) is 7.60. The van der Waals surface area contributed by atoms with Crippen LogP contribution < -0.4 is 5.32 Å². The molecule has 7 unspecified atom stereocenters. The fourth-order valence-corrected chi connectivity index (χ4v) is 7.60. The molecule has 0 aliphatic carbocycles. The summed E-state index contributed by atoms with van der Waals surface area (Å²) in [5.41, 5.74) is 0. The fraction of sp³-hybridized carbons (Fsp3) is 0.672. The molecule has 1 aliphatic heterocycles. The van der Waals surface area contributed by atoms with Crippen molar-refractivity contribution in [2.45, 2.75) is 236 Å². The molecule has 1 amide bonds. The molecule has 382 valence electrons. The minimum Gasteiger partial charge on any atom is -0.394 e. The van der Waals surface area contributed by atoms with Gasteiger partial charge in [-0.25, -0.2) is 0 Å². The van der Waals surface area contributed by atoms with Crippen molar-refractivity contribution in [3.63, 3.8) is 0 Å². The van der Waals surface area contributed by atoms with Crippen LogP contribution in [0.4, 0.5) is 0 Å². The summed E-state index contributed by atoms with van der Waals surface area (Å²) in [5, 5.41) is 54.3. The molecule has 9 heteroatoms. The zero-order chi connectivity index (χ0) is 48.7. The van der Waals surface area contributed by atoms with E-state index < -0.39 is 49.5 Å². The second-order valence-electron chi connectivity index (χ2n) is 17.9. The van der Waals surface area contributed by atoms with Crippen LogP contribution in [-0.2, 0) is 14.3 Å². The van der Waals surface area contributed by atoms with E-state index in [2.05, 4.69) is 116 Å². The van der Waals surface area contributed by atoms with E-state index >= 15 is 0 Å². The second kappa shape index (κ2) is 46.6. The van der Waals surface area contributed by atoms with E-state index in [4.69, 9.17) is 9.47 Å². The van der Waals surface area contributed by atoms with Crippen LogP contribution in [0.15, 0.2) is 109 Å². The number of aliphatic hydroxyl groups excluding tert-OH is 5. The number of ether oxygens (including phenoxy) is 2. The highest BCUT2D eigenvalue weighted by Gasteiger charge is 2.44. The molecule has 67 heavy (non-hydrogen) atoms. The SMILES string of the molecule is CC/C=C\C/C=C\C/C=C\C/C=C\C/C=C\C/C=C\CCCCC(=O)NC(COC1OC(CO)C(O)C(O)C1O)C(O)/C=C/CC/C=C/CC/C=C/CCCCCCCCCCCCCCC. The Kier molecular flexibility index (Phi) is 43.0. The van der Waals surface area contributed by atoms with Crippen molar-refractivity contribution in [2.24, 2.45) is 0 Å². The van der Waals surface area contributed by atoms with Gasteiger partial charge in [-0.05, 0) is 96.3 Å². The van der Waals surface area contributed by atoms with Gasteiger partial charge in [-0.1, -0.05) is 200 Å². The quantitative estimate of drug-likeness (QED) is 0.0261. The Morgan fingerprint density at radius 3 is 1.43 bits per heavy atom. The van der Waals surface area contributed by atoms with Crippen molar-refractivity contribution in [1.82, 2.24) is 5.32 Å². The molecule has 0 aromatic rings. The lowest BCUT2D eigenvalue weighted by molar-refractivity contribution is -0.302. The number of hydrogen-bond acceptors (Lipinski definition) is 8. The third-order valence-corrected chi connectivity index (χ3v) is 11.8. The van der Waals surface area contributed by atoms with Gasteiger partial charge in [-0.2, -0.15) is 0 Å². The molecule has 0 aromatic heterocycles. The molecule has 1 fully saturated rings. The Balaban J connectivity index is 2.37. The molecule has 0 spiro atoms. The van der Waals surface area contributed by atoms with Crippen LogP contribution in [0.3, 0.4) is 0 Å². The predicted molar refractivity (Wildman–Crippen MR) is 281 cm³/mol. The van der Waals surface area contributed by atoms with Crippen molar-refractivity contribution in [2.75, 3.05) is 13.2 Å². The summed E-state index contributed by atoms with van der Waals surface area (Å²) in [6, 6.07) is -0.860. The number of carbonyl (C=O) groups excluding carboxylic acids is 1. The van der Waals surface area contributed by atoms with Crippen molar-refractivity contribution in [3.8, 4) is 0 Å². The summed E-state index contributed by atoms with van der Waals surface area (Å²) in [5.74, 6) is -0.237. The minimum atomic E-state index is -1.59. The molecule has 1 saturated heterocycles. The van der Waals surface area contributed by atoms with Crippen molar-refractivity contribution >= 4 is 5.91 Å². The van der Waals surface area contributed by atoms with Gasteiger partial charge in [0.2, 0.25) is 5.91 Å². The highest BCUT2D eigenvalue weighted by molar-refractivity contribution is 5.76. The van der Waals surface area contributed by atoms with Crippen LogP contribution in [0.5, 0.6) is 0 Å². The Labute approximate surface area is 408 Å². The number of unbranched alkanes of at least 4 members (excludes halogenated alkanes) is 17. The third-order valence-electron chi connectivity index (χ3n) is 11.8. The van der Waals surface area contributed by atoms with E-state index in [0.717, 1.165) is 77.0 Å². The molecule has 0 radical (unpaired) electrons. The van der Waals surface area contributed by atoms with E-state index in [9.17, 15) is 30.3 Å². The number of carbonyl (C=O) groups is 1. The predicted octanol–water partition coefficient (Wildman–Crippen LogP) is 12.6. The lowest BCUT2D eigenvalue weighted by Gasteiger charge is -2.40. The van der Waals surface area contributed by atoms with Crippen molar-refractivity contribution < 1.29 is 39.8 Å². The number of hydrogen-bond donors (Lipinski definition) is 6. The van der Waals surface area contributed by atoms with Gasteiger partial charge in [0.15, 0.2) is 6.29 Å². The summed E-state index contributed by atoms with van der Waals surface area (Å²) >= 11 is 0. The lowest BCUT2D eigenvalue weighted by atomic mass is 9.99. The largest absolute Gasteiger partial charge is 0.394 e. The number of amides is 1. The molecule has 7 atom stereocenters. The summed E-state index contributed by atoms with van der Waals surface area (Å²) < 4.78 is 11.2. The zero-order valence-corrected chi connectivity index (χ0v) is 42.1. The highest BCUT2D eigenvalue weighted by atomic mass is 16.7. The molecule has 1 heterocycles. The first kappa shape index (κ1) is 61.9. The average molecular weight is 936 g/mol. The third kappa shape index (κ3) is 36.5. The maximum absolute atomic E-state index is 13.0. The second-order valence-corrected chi connectivity index (χ2v) is 17.9. The van der Waals surface area contributed by atoms with Crippen LogP contribution >= 0.6 is 0 Å². The number of aliphatic hydroxyl groups is 5. The first-order valence-corrected chi connectivity index (χ1v) is 26.6. The summed E-state index contributed by atoms with van der Waals surface area (Å²) in [4.78, 5) is 13.0. The van der Waals surface area contributed by atoms with E-state index in [-0.39, 0.29) is 18.9 Å². The number of rotatable bonds is 43. The zero-order valence-electron chi connectivity index (χ0n) is 42.1. The first-order valence-electron chi connectivity index (χ1n) is 26.6. The molecule has 9 nitrogen and oxygen atoms in total. The lowest BCUT2D eigenvalue weighted by Crippen LogP contribution is -2.60. The molecular weight excluding hydrogens is 839 g/mol. The van der Waals surface area contributed by atoms with Crippen molar-refractivity contribution in [1.29, 1.82) is 0 Å². The first-order chi connectivity index (χ1) is 32.8. The van der Waals surface area contributed by atoms with Crippen LogP contribution in [-0.4, -0.2) is 87.5 Å². The van der Waals surface area contributed by atoms with Gasteiger partial charge in [-0.3, -0.25) is 4.79 Å². The molecule has 1 rings (SSSR count). The van der Waals surface area contributed by atoms with Gasteiger partial charge in [0.25, 0.3) is 0 Å². The molecule has 0 aromatic carbocycles. The normalized spacial score (nSPS) is 20.6. The van der Waals surface area contributed by atoms with Gasteiger partial charge < -0.3 is 40.3 Å². The smallest absolute Gasteiger partial charge is 0.220 e. The molecular formula is C58H97NO8. The summed E-state index contributed by atoms with van der Waals surface area (Å²) in [6.07, 6.45) is 61.4. The van der Waals surface area contributed by atoms with E-state index in [1.807, 2.05) is 6.08 Å². The van der Waals surface area contributed by atoms with E-state index in [0.29, 0.717) is 12.8 Å². The Hall–Kier alpha value is -3.15. The highest BCUT2D eigenvalue weighted by Crippen LogP contribution is 2.22. The maximum Gasteiger partial charge on any atom is 0.220 e. The number of allylic oxidation sites excluding steroid dienone is 17. The summed E-state index contributed by atoms with van der Waals surface area (Å²) in [7, 11) is 0. The Bertz CT molecular complexity index is 1410. The van der Waals surface area contributed by atoms with Crippen LogP contribution in [0.25, 0.3) is 0 Å². The van der Waals surface area contributed by atoms with E-state index in [1.165, 1.54) is 83.5 Å². The van der Waals surface area contributed by atoms with Gasteiger partial charge in [0, 0.05) is 6.42 Å². The van der Waals surface area contributed by atoms with E-state index in [1.54, 1.807) is 6.08 Å². The standard InChI is InChI=1S/C58H97NO8/c1-3-5-7-9-11-13-15-17-19-21-23-25-26-28-29-31-33-35-37-39-41-43-45-47-52(61)51(50-66-58-57(65)56(64)55(63)53(49-60)67-58)59-54(62)48-46-44-42-40-38-36-34-32-30-27-24-22-20-18-16-14-12-10-8-6-4-2/h6,8,12,14,18,20,24,27,29,31-32,34,37-40,45,47,51-53,55-58,60-61,63-65H,3-5,7,9-11,13,15-17,19,21-23,25-26,28,30,33,35-36,41-44,46,48-50H2,1-2H3,(H,59,62)/b8-6-,14-12-,20-18-,27-24-,31-29+,34-32-,39-37+,40-38-,47-45+. The topological polar surface area (TPSA) is 149 Å². The van der Waals surface area contributed by atoms with Crippen molar-refractivity contribution in [3.05, 3.63) is 109 Å². The summed E-state index contributed by atoms with van der Waals surface area (Å²) in [6.45, 7) is 3.61. The Morgan fingerprint density at radius 1 is 0.522 bits per heavy atom. The Morgan fingerprint density at radius 2 is 0.940 bits per heavy atom. The monoisotopic (exact) mass is 936 g/mol. The maximum atomic E-state index is 13.0. The molecule has 0 bridgehead atoms. The minimum absolute atomic E-state index is 0.231. The number of nitrogens with one attached hydrogen (secondary N) is 1.